The van der Waals surface area contributed by atoms with Crippen LogP contribution in [0.1, 0.15) is 24.1 Å². The summed E-state index contributed by atoms with van der Waals surface area (Å²) in [7, 11) is 1.75. The monoisotopic (exact) mass is 345 g/mol. The predicted molar refractivity (Wildman–Crippen MR) is 95.4 cm³/mol. The lowest BCUT2D eigenvalue weighted by molar-refractivity contribution is 0.114. The topological polar surface area (TPSA) is 63.5 Å². The third-order valence-corrected chi connectivity index (χ3v) is 4.28. The Labute approximate surface area is 147 Å². The molecule has 0 saturated carbocycles. The van der Waals surface area contributed by atoms with E-state index in [-0.39, 0.29) is 11.9 Å². The molecule has 0 amide bonds. The van der Waals surface area contributed by atoms with E-state index in [9.17, 15) is 4.39 Å². The van der Waals surface area contributed by atoms with E-state index in [4.69, 9.17) is 4.74 Å². The van der Waals surface area contributed by atoms with E-state index in [0.29, 0.717) is 6.54 Å². The third kappa shape index (κ3) is 4.57. The maximum atomic E-state index is 13.1. The van der Waals surface area contributed by atoms with Crippen LogP contribution < -0.4 is 10.6 Å². The highest BCUT2D eigenvalue weighted by molar-refractivity contribution is 5.79. The van der Waals surface area contributed by atoms with E-state index in [1.165, 1.54) is 12.1 Å². The molecule has 1 atom stereocenters. The first-order valence-corrected chi connectivity index (χ1v) is 8.53. The minimum Gasteiger partial charge on any atom is -0.376 e. The van der Waals surface area contributed by atoms with Gasteiger partial charge in [0.2, 0.25) is 0 Å². The van der Waals surface area contributed by atoms with Crippen molar-refractivity contribution in [2.45, 2.75) is 32.4 Å². The second kappa shape index (κ2) is 8.11. The Morgan fingerprint density at radius 1 is 1.36 bits per heavy atom. The molecule has 1 aromatic heterocycles. The van der Waals surface area contributed by atoms with Crippen molar-refractivity contribution in [1.29, 1.82) is 0 Å². The van der Waals surface area contributed by atoms with Gasteiger partial charge in [0.05, 0.1) is 17.5 Å². The lowest BCUT2D eigenvalue weighted by Gasteiger charge is -2.14. The predicted octanol–water partition coefficient (Wildman–Crippen LogP) is 2.16. The van der Waals surface area contributed by atoms with Crippen LogP contribution in [0.15, 0.2) is 35.5 Å². The normalized spacial score (nSPS) is 17.7. The van der Waals surface area contributed by atoms with Crippen LogP contribution in [0.3, 0.4) is 0 Å². The highest BCUT2D eigenvalue weighted by atomic mass is 19.1. The Hall–Kier alpha value is -2.41. The lowest BCUT2D eigenvalue weighted by atomic mass is 10.2. The zero-order valence-electron chi connectivity index (χ0n) is 14.6. The zero-order valence-corrected chi connectivity index (χ0v) is 14.6. The van der Waals surface area contributed by atoms with E-state index >= 15 is 0 Å². The molecule has 1 aliphatic heterocycles. The second-order valence-electron chi connectivity index (χ2n) is 6.10. The first-order chi connectivity index (χ1) is 12.2. The van der Waals surface area contributed by atoms with Gasteiger partial charge in [-0.25, -0.2) is 9.07 Å². The number of nitrogens with zero attached hydrogens (tertiary/aromatic N) is 3. The fraction of sp³-hybridized carbons (Fsp3) is 0.444. The highest BCUT2D eigenvalue weighted by Gasteiger charge is 2.15. The molecule has 7 heteroatoms. The van der Waals surface area contributed by atoms with Gasteiger partial charge < -0.3 is 15.4 Å². The Morgan fingerprint density at radius 2 is 2.16 bits per heavy atom. The van der Waals surface area contributed by atoms with E-state index < -0.39 is 0 Å². The van der Waals surface area contributed by atoms with Crippen LogP contribution in [0.4, 0.5) is 4.39 Å². The molecule has 0 spiro atoms. The molecule has 3 rings (SSSR count). The molecule has 0 radical (unpaired) electrons. The smallest absolute Gasteiger partial charge is 0.191 e. The Morgan fingerprint density at radius 3 is 2.84 bits per heavy atom. The summed E-state index contributed by atoms with van der Waals surface area (Å²) in [6.45, 7) is 4.17. The van der Waals surface area contributed by atoms with Gasteiger partial charge in [0.15, 0.2) is 5.96 Å². The highest BCUT2D eigenvalue weighted by Crippen LogP contribution is 2.13. The van der Waals surface area contributed by atoms with Crippen LogP contribution in [0, 0.1) is 12.7 Å². The second-order valence-corrected chi connectivity index (χ2v) is 6.10. The molecule has 0 aliphatic carbocycles. The molecule has 0 bridgehead atoms. The number of hydrogen-bond acceptors (Lipinski definition) is 3. The SMILES string of the molecule is CN=C(NCc1cn(-c2ccc(F)cc2)nc1C)NCC1CCCO1. The Kier molecular flexibility index (Phi) is 5.65. The van der Waals surface area contributed by atoms with Crippen LogP contribution in [-0.4, -0.2) is 42.0 Å². The van der Waals surface area contributed by atoms with Crippen molar-refractivity contribution in [1.82, 2.24) is 20.4 Å². The molecule has 1 aromatic carbocycles. The average molecular weight is 345 g/mol. The third-order valence-electron chi connectivity index (χ3n) is 4.28. The molecular formula is C18H24FN5O. The molecule has 134 valence electrons. The summed E-state index contributed by atoms with van der Waals surface area (Å²) in [6, 6.07) is 6.28. The van der Waals surface area contributed by atoms with Crippen LogP contribution in [0.2, 0.25) is 0 Å². The van der Waals surface area contributed by atoms with Gasteiger partial charge in [-0.1, -0.05) is 0 Å². The largest absolute Gasteiger partial charge is 0.376 e. The minimum absolute atomic E-state index is 0.254. The molecule has 1 unspecified atom stereocenters. The van der Waals surface area contributed by atoms with Crippen molar-refractivity contribution in [3.8, 4) is 5.69 Å². The number of aromatic nitrogens is 2. The van der Waals surface area contributed by atoms with Crippen LogP contribution in [-0.2, 0) is 11.3 Å². The first-order valence-electron chi connectivity index (χ1n) is 8.53. The number of aliphatic imine (C=N–C) groups is 1. The summed E-state index contributed by atoms with van der Waals surface area (Å²) in [4.78, 5) is 4.24. The van der Waals surface area contributed by atoms with E-state index in [1.807, 2.05) is 13.1 Å². The molecular weight excluding hydrogens is 321 g/mol. The number of ether oxygens (including phenoxy) is 1. The van der Waals surface area contributed by atoms with E-state index in [1.54, 1.807) is 23.9 Å². The van der Waals surface area contributed by atoms with Crippen LogP contribution in [0.5, 0.6) is 0 Å². The van der Waals surface area contributed by atoms with Crippen LogP contribution >= 0.6 is 0 Å². The summed E-state index contributed by atoms with van der Waals surface area (Å²) in [5.74, 6) is 0.486. The summed E-state index contributed by atoms with van der Waals surface area (Å²) in [5.41, 5.74) is 2.81. The molecule has 2 N–H and O–H groups in total. The number of rotatable bonds is 5. The number of guanidine groups is 1. The van der Waals surface area contributed by atoms with Crippen molar-refractivity contribution >= 4 is 5.96 Å². The number of hydrogen-bond donors (Lipinski definition) is 2. The Bertz CT molecular complexity index is 720. The van der Waals surface area contributed by atoms with Crippen molar-refractivity contribution < 1.29 is 9.13 Å². The van der Waals surface area contributed by atoms with Gasteiger partial charge >= 0.3 is 0 Å². The van der Waals surface area contributed by atoms with Crippen molar-refractivity contribution in [2.75, 3.05) is 20.2 Å². The van der Waals surface area contributed by atoms with Gasteiger partial charge in [0.25, 0.3) is 0 Å². The van der Waals surface area contributed by atoms with E-state index in [0.717, 1.165) is 48.9 Å². The van der Waals surface area contributed by atoms with Gasteiger partial charge in [-0.05, 0) is 44.0 Å². The van der Waals surface area contributed by atoms with Crippen molar-refractivity contribution in [3.63, 3.8) is 0 Å². The number of aryl methyl sites for hydroxylation is 1. The molecule has 25 heavy (non-hydrogen) atoms. The van der Waals surface area contributed by atoms with Gasteiger partial charge in [-0.3, -0.25) is 4.99 Å². The average Bonchev–Trinajstić information content (AvgIpc) is 3.26. The quantitative estimate of drug-likeness (QED) is 0.644. The summed E-state index contributed by atoms with van der Waals surface area (Å²) in [6.07, 6.45) is 4.43. The maximum Gasteiger partial charge on any atom is 0.191 e. The first kappa shape index (κ1) is 17.4. The molecule has 1 saturated heterocycles. The van der Waals surface area contributed by atoms with Crippen molar-refractivity contribution in [3.05, 3.63) is 47.5 Å². The zero-order chi connectivity index (χ0) is 17.6. The molecule has 6 nitrogen and oxygen atoms in total. The van der Waals surface area contributed by atoms with Crippen LogP contribution in [0.25, 0.3) is 5.69 Å². The fourth-order valence-corrected chi connectivity index (χ4v) is 2.81. The summed E-state index contributed by atoms with van der Waals surface area (Å²) in [5, 5.41) is 11.1. The van der Waals surface area contributed by atoms with Crippen molar-refractivity contribution in [2.24, 2.45) is 4.99 Å². The summed E-state index contributed by atoms with van der Waals surface area (Å²) >= 11 is 0. The lowest BCUT2D eigenvalue weighted by Crippen LogP contribution is -2.40. The molecule has 2 aromatic rings. The Balaban J connectivity index is 1.57. The molecule has 1 fully saturated rings. The number of halogens is 1. The summed E-state index contributed by atoms with van der Waals surface area (Å²) < 4.78 is 20.4. The minimum atomic E-state index is -0.254. The van der Waals surface area contributed by atoms with Gasteiger partial charge in [0.1, 0.15) is 5.82 Å². The number of benzene rings is 1. The molecule has 2 heterocycles. The number of nitrogens with one attached hydrogen (secondary N) is 2. The van der Waals surface area contributed by atoms with Gasteiger partial charge in [-0.2, -0.15) is 5.10 Å². The van der Waals surface area contributed by atoms with Gasteiger partial charge in [0, 0.05) is 38.5 Å². The van der Waals surface area contributed by atoms with E-state index in [2.05, 4.69) is 20.7 Å². The maximum absolute atomic E-state index is 13.1. The molecule has 1 aliphatic rings. The van der Waals surface area contributed by atoms with Gasteiger partial charge in [-0.15, -0.1) is 0 Å². The fourth-order valence-electron chi connectivity index (χ4n) is 2.81. The standard InChI is InChI=1S/C18H24FN5O/c1-13-14(12-24(23-13)16-7-5-15(19)6-8-16)10-21-18(20-2)22-11-17-4-3-9-25-17/h5-8,12,17H,3-4,9-11H2,1-2H3,(H2,20,21,22).